The van der Waals surface area contributed by atoms with E-state index in [0.29, 0.717) is 0 Å². The average molecular weight is 219 g/mol. The van der Waals surface area contributed by atoms with Gasteiger partial charge in [-0.25, -0.2) is 4.98 Å². The first-order chi connectivity index (χ1) is 7.70. The molecule has 1 N–H and O–H groups in total. The van der Waals surface area contributed by atoms with Crippen LogP contribution in [0, 0.1) is 6.92 Å². The molecular weight excluding hydrogens is 202 g/mol. The molecule has 2 aromatic heterocycles. The second-order valence-corrected chi connectivity index (χ2v) is 3.94. The van der Waals surface area contributed by atoms with Crippen molar-refractivity contribution < 1.29 is 0 Å². The molecule has 16 heavy (non-hydrogen) atoms. The molecule has 0 fully saturated rings. The van der Waals surface area contributed by atoms with Crippen LogP contribution >= 0.6 is 0 Å². The van der Waals surface area contributed by atoms with E-state index in [1.807, 2.05) is 44.3 Å². The third kappa shape index (κ3) is 2.14. The van der Waals surface area contributed by atoms with E-state index in [0.717, 1.165) is 18.9 Å². The van der Waals surface area contributed by atoms with Crippen LogP contribution in [0.5, 0.6) is 0 Å². The van der Waals surface area contributed by atoms with Gasteiger partial charge in [-0.3, -0.25) is 4.68 Å². The highest BCUT2D eigenvalue weighted by atomic mass is 15.2. The topological polar surface area (TPSA) is 47.7 Å². The van der Waals surface area contributed by atoms with Crippen molar-refractivity contribution in [3.05, 3.63) is 35.7 Å². The SMILES string of the molecule is CNCc1cnc(C)n1Cc1cnn(C)c1. The molecule has 5 nitrogen and oxygen atoms in total. The minimum atomic E-state index is 0.830. The van der Waals surface area contributed by atoms with Gasteiger partial charge < -0.3 is 9.88 Å². The molecule has 2 aromatic rings. The highest BCUT2D eigenvalue weighted by Gasteiger charge is 2.07. The zero-order valence-electron chi connectivity index (χ0n) is 9.94. The number of hydrogen-bond donors (Lipinski definition) is 1. The second kappa shape index (κ2) is 4.49. The molecule has 0 aromatic carbocycles. The zero-order valence-corrected chi connectivity index (χ0v) is 9.94. The Bertz CT molecular complexity index is 468. The maximum atomic E-state index is 4.33. The lowest BCUT2D eigenvalue weighted by Gasteiger charge is -2.08. The molecule has 0 radical (unpaired) electrons. The molecule has 2 heterocycles. The van der Waals surface area contributed by atoms with Gasteiger partial charge in [0, 0.05) is 31.5 Å². The molecule has 0 bridgehead atoms. The van der Waals surface area contributed by atoms with Gasteiger partial charge in [-0.15, -0.1) is 0 Å². The third-order valence-corrected chi connectivity index (χ3v) is 2.59. The second-order valence-electron chi connectivity index (χ2n) is 3.94. The van der Waals surface area contributed by atoms with Crippen molar-refractivity contribution in [1.29, 1.82) is 0 Å². The van der Waals surface area contributed by atoms with Crippen LogP contribution in [0.25, 0.3) is 0 Å². The fraction of sp³-hybridized carbons (Fsp3) is 0.455. The molecule has 5 heteroatoms. The summed E-state index contributed by atoms with van der Waals surface area (Å²) in [7, 11) is 3.87. The van der Waals surface area contributed by atoms with Crippen LogP contribution in [-0.2, 0) is 20.1 Å². The fourth-order valence-electron chi connectivity index (χ4n) is 1.79. The van der Waals surface area contributed by atoms with E-state index in [4.69, 9.17) is 0 Å². The van der Waals surface area contributed by atoms with E-state index >= 15 is 0 Å². The molecule has 0 saturated carbocycles. The van der Waals surface area contributed by atoms with Crippen molar-refractivity contribution in [3.8, 4) is 0 Å². The van der Waals surface area contributed by atoms with E-state index < -0.39 is 0 Å². The van der Waals surface area contributed by atoms with Gasteiger partial charge >= 0.3 is 0 Å². The molecule has 0 atom stereocenters. The van der Waals surface area contributed by atoms with E-state index in [-0.39, 0.29) is 0 Å². The molecule has 0 aliphatic carbocycles. The van der Waals surface area contributed by atoms with Gasteiger partial charge in [0.15, 0.2) is 0 Å². The van der Waals surface area contributed by atoms with Gasteiger partial charge in [0.2, 0.25) is 0 Å². The number of aromatic nitrogens is 4. The minimum absolute atomic E-state index is 0.830. The summed E-state index contributed by atoms with van der Waals surface area (Å²) in [5, 5.41) is 7.32. The first-order valence-electron chi connectivity index (χ1n) is 5.34. The first kappa shape index (κ1) is 10.9. The highest BCUT2D eigenvalue weighted by molar-refractivity contribution is 5.11. The van der Waals surface area contributed by atoms with Crippen LogP contribution in [0.4, 0.5) is 0 Å². The Morgan fingerprint density at radius 3 is 2.81 bits per heavy atom. The Balaban J connectivity index is 2.22. The highest BCUT2D eigenvalue weighted by Crippen LogP contribution is 2.08. The standard InChI is InChI=1S/C11H17N5/c1-9-13-6-11(5-12-2)16(9)8-10-4-14-15(3)7-10/h4,6-7,12H,5,8H2,1-3H3. The zero-order chi connectivity index (χ0) is 11.5. The minimum Gasteiger partial charge on any atom is -0.326 e. The molecule has 0 aliphatic heterocycles. The lowest BCUT2D eigenvalue weighted by Crippen LogP contribution is -2.12. The molecule has 0 unspecified atom stereocenters. The van der Waals surface area contributed by atoms with E-state index in [9.17, 15) is 0 Å². The predicted molar refractivity (Wildman–Crippen MR) is 62.0 cm³/mol. The van der Waals surface area contributed by atoms with E-state index in [2.05, 4.69) is 20.0 Å². The summed E-state index contributed by atoms with van der Waals surface area (Å²) in [6.07, 6.45) is 5.84. The lowest BCUT2D eigenvalue weighted by molar-refractivity contribution is 0.675. The number of nitrogens with one attached hydrogen (secondary N) is 1. The maximum Gasteiger partial charge on any atom is 0.106 e. The van der Waals surface area contributed by atoms with Crippen LogP contribution in [0.2, 0.25) is 0 Å². The van der Waals surface area contributed by atoms with Gasteiger partial charge in [0.25, 0.3) is 0 Å². The van der Waals surface area contributed by atoms with Crippen molar-refractivity contribution in [1.82, 2.24) is 24.6 Å². The summed E-state index contributed by atoms with van der Waals surface area (Å²) in [4.78, 5) is 4.33. The van der Waals surface area contributed by atoms with Crippen molar-refractivity contribution in [3.63, 3.8) is 0 Å². The summed E-state index contributed by atoms with van der Waals surface area (Å²) in [6, 6.07) is 0. The molecule has 86 valence electrons. The Kier molecular flexibility index (Phi) is 3.05. The monoisotopic (exact) mass is 219 g/mol. The molecule has 0 amide bonds. The summed E-state index contributed by atoms with van der Waals surface area (Å²) < 4.78 is 4.02. The molecule has 0 aliphatic rings. The molecule has 0 saturated heterocycles. The van der Waals surface area contributed by atoms with Crippen LogP contribution in [0.1, 0.15) is 17.1 Å². The third-order valence-electron chi connectivity index (χ3n) is 2.59. The fourth-order valence-corrected chi connectivity index (χ4v) is 1.79. The predicted octanol–water partition coefficient (Wildman–Crippen LogP) is 0.693. The van der Waals surface area contributed by atoms with Crippen LogP contribution in [0.3, 0.4) is 0 Å². The summed E-state index contributed by atoms with van der Waals surface area (Å²) >= 11 is 0. The van der Waals surface area contributed by atoms with Gasteiger partial charge in [-0.2, -0.15) is 5.10 Å². The maximum absolute atomic E-state index is 4.33. The quantitative estimate of drug-likeness (QED) is 0.823. The average Bonchev–Trinajstić information content (AvgIpc) is 2.79. The molecular formula is C11H17N5. The largest absolute Gasteiger partial charge is 0.326 e. The van der Waals surface area contributed by atoms with Crippen molar-refractivity contribution in [2.45, 2.75) is 20.0 Å². The Labute approximate surface area is 95.1 Å². The molecule has 2 rings (SSSR count). The van der Waals surface area contributed by atoms with Gasteiger partial charge in [-0.1, -0.05) is 0 Å². The normalized spacial score (nSPS) is 10.9. The van der Waals surface area contributed by atoms with Gasteiger partial charge in [-0.05, 0) is 14.0 Å². The Morgan fingerprint density at radius 2 is 2.19 bits per heavy atom. The van der Waals surface area contributed by atoms with Crippen molar-refractivity contribution in [2.75, 3.05) is 7.05 Å². The Hall–Kier alpha value is -1.62. The van der Waals surface area contributed by atoms with Gasteiger partial charge in [0.05, 0.1) is 18.4 Å². The van der Waals surface area contributed by atoms with Gasteiger partial charge in [0.1, 0.15) is 5.82 Å². The first-order valence-corrected chi connectivity index (χ1v) is 5.34. The van der Waals surface area contributed by atoms with Crippen LogP contribution < -0.4 is 5.32 Å². The van der Waals surface area contributed by atoms with Crippen molar-refractivity contribution in [2.24, 2.45) is 7.05 Å². The van der Waals surface area contributed by atoms with E-state index in [1.165, 1.54) is 11.3 Å². The lowest BCUT2D eigenvalue weighted by atomic mass is 10.3. The summed E-state index contributed by atoms with van der Waals surface area (Å²) in [6.45, 7) is 3.69. The summed E-state index contributed by atoms with van der Waals surface area (Å²) in [5.74, 6) is 1.04. The van der Waals surface area contributed by atoms with E-state index in [1.54, 1.807) is 0 Å². The summed E-state index contributed by atoms with van der Waals surface area (Å²) in [5.41, 5.74) is 2.39. The number of nitrogens with zero attached hydrogens (tertiary/aromatic N) is 4. The van der Waals surface area contributed by atoms with Crippen LogP contribution in [-0.4, -0.2) is 26.4 Å². The molecule has 0 spiro atoms. The number of imidazole rings is 1. The number of rotatable bonds is 4. The smallest absolute Gasteiger partial charge is 0.106 e. The number of aryl methyl sites for hydroxylation is 2. The number of hydrogen-bond acceptors (Lipinski definition) is 3. The Morgan fingerprint density at radius 1 is 1.38 bits per heavy atom. The van der Waals surface area contributed by atoms with Crippen molar-refractivity contribution >= 4 is 0 Å². The van der Waals surface area contributed by atoms with Crippen LogP contribution in [0.15, 0.2) is 18.6 Å².